The molecule has 1 aliphatic heterocycles. The largest absolute Gasteiger partial charge is 0.465 e. The van der Waals surface area contributed by atoms with Crippen LogP contribution < -0.4 is 4.90 Å². The molecule has 94 valence electrons. The summed E-state index contributed by atoms with van der Waals surface area (Å²) in [5.74, 6) is 0. The van der Waals surface area contributed by atoms with Crippen molar-refractivity contribution in [1.82, 2.24) is 4.90 Å². The smallest absolute Gasteiger partial charge is 0.407 e. The van der Waals surface area contributed by atoms with Gasteiger partial charge in [0.05, 0.1) is 11.6 Å². The molecule has 1 N–H and O–H groups in total. The summed E-state index contributed by atoms with van der Waals surface area (Å²) in [6.07, 6.45) is -0.0197. The van der Waals surface area contributed by atoms with Gasteiger partial charge < -0.3 is 14.9 Å². The third-order valence-corrected chi connectivity index (χ3v) is 3.39. The number of nitrogens with zero attached hydrogens (tertiary/aromatic N) is 3. The van der Waals surface area contributed by atoms with Crippen LogP contribution in [0.3, 0.4) is 0 Å². The van der Waals surface area contributed by atoms with Crippen LogP contribution in [0.5, 0.6) is 0 Å². The Labute approximate surface area is 106 Å². The maximum absolute atomic E-state index is 10.9. The van der Waals surface area contributed by atoms with E-state index in [0.717, 1.165) is 12.1 Å². The number of rotatable bonds is 2. The van der Waals surface area contributed by atoms with Crippen LogP contribution in [0.25, 0.3) is 0 Å². The number of hydrogen-bond acceptors (Lipinski definition) is 3. The molecule has 1 atom stereocenters. The van der Waals surface area contributed by atoms with Crippen LogP contribution in [0.1, 0.15) is 12.0 Å². The number of hydrogen-bond donors (Lipinski definition) is 1. The Kier molecular flexibility index (Phi) is 3.38. The second kappa shape index (κ2) is 4.96. The zero-order valence-electron chi connectivity index (χ0n) is 10.2. The van der Waals surface area contributed by atoms with E-state index in [1.165, 1.54) is 4.90 Å². The lowest BCUT2D eigenvalue weighted by Crippen LogP contribution is -2.36. The summed E-state index contributed by atoms with van der Waals surface area (Å²) >= 11 is 0. The average molecular weight is 245 g/mol. The molecule has 1 aromatic rings. The van der Waals surface area contributed by atoms with Crippen molar-refractivity contribution in [1.29, 1.82) is 5.26 Å². The van der Waals surface area contributed by atoms with E-state index in [4.69, 9.17) is 10.4 Å². The first-order valence-electron chi connectivity index (χ1n) is 5.82. The molecule has 0 aliphatic carbocycles. The molecule has 1 aromatic carbocycles. The van der Waals surface area contributed by atoms with Gasteiger partial charge in [-0.1, -0.05) is 0 Å². The molecule has 0 spiro atoms. The second-order valence-corrected chi connectivity index (χ2v) is 4.44. The molecule has 1 fully saturated rings. The molecule has 5 heteroatoms. The topological polar surface area (TPSA) is 67.6 Å². The first-order valence-corrected chi connectivity index (χ1v) is 5.82. The summed E-state index contributed by atoms with van der Waals surface area (Å²) in [7, 11) is 1.96. The van der Waals surface area contributed by atoms with Gasteiger partial charge in [0.1, 0.15) is 0 Å². The summed E-state index contributed by atoms with van der Waals surface area (Å²) in [6.45, 7) is 1.12. The van der Waals surface area contributed by atoms with Gasteiger partial charge in [-0.3, -0.25) is 0 Å². The van der Waals surface area contributed by atoms with E-state index in [0.29, 0.717) is 18.7 Å². The third-order valence-electron chi connectivity index (χ3n) is 3.39. The lowest BCUT2D eigenvalue weighted by Gasteiger charge is -2.26. The van der Waals surface area contributed by atoms with E-state index in [2.05, 4.69) is 11.0 Å². The van der Waals surface area contributed by atoms with Crippen molar-refractivity contribution in [2.45, 2.75) is 12.5 Å². The number of benzene rings is 1. The van der Waals surface area contributed by atoms with Gasteiger partial charge in [0.15, 0.2) is 0 Å². The molecular weight excluding hydrogens is 230 g/mol. The van der Waals surface area contributed by atoms with Crippen molar-refractivity contribution in [2.75, 3.05) is 25.0 Å². The summed E-state index contributed by atoms with van der Waals surface area (Å²) in [6, 6.07) is 9.61. The van der Waals surface area contributed by atoms with Gasteiger partial charge in [-0.15, -0.1) is 0 Å². The van der Waals surface area contributed by atoms with Crippen molar-refractivity contribution in [3.8, 4) is 6.07 Å². The normalized spacial score (nSPS) is 18.4. The zero-order chi connectivity index (χ0) is 13.1. The van der Waals surface area contributed by atoms with Crippen molar-refractivity contribution >= 4 is 11.8 Å². The lowest BCUT2D eigenvalue weighted by molar-refractivity contribution is 0.155. The highest BCUT2D eigenvalue weighted by molar-refractivity contribution is 5.65. The fourth-order valence-corrected chi connectivity index (χ4v) is 2.21. The van der Waals surface area contributed by atoms with Gasteiger partial charge in [-0.05, 0) is 30.7 Å². The molecule has 0 aromatic heterocycles. The molecule has 0 bridgehead atoms. The first-order chi connectivity index (χ1) is 8.61. The first kappa shape index (κ1) is 12.2. The molecule has 1 heterocycles. The van der Waals surface area contributed by atoms with Crippen LogP contribution in [-0.4, -0.2) is 42.3 Å². The fraction of sp³-hybridized carbons (Fsp3) is 0.385. The van der Waals surface area contributed by atoms with E-state index in [-0.39, 0.29) is 6.04 Å². The van der Waals surface area contributed by atoms with Gasteiger partial charge in [0.2, 0.25) is 0 Å². The molecule has 0 radical (unpaired) electrons. The lowest BCUT2D eigenvalue weighted by atomic mass is 10.1. The number of carbonyl (C=O) groups is 1. The number of nitriles is 1. The van der Waals surface area contributed by atoms with E-state index in [1.807, 2.05) is 19.2 Å². The summed E-state index contributed by atoms with van der Waals surface area (Å²) in [5, 5.41) is 17.7. The number of anilines is 1. The minimum Gasteiger partial charge on any atom is -0.465 e. The van der Waals surface area contributed by atoms with Gasteiger partial charge in [0, 0.05) is 31.9 Å². The molecular formula is C13H15N3O2. The Morgan fingerprint density at radius 2 is 2.17 bits per heavy atom. The van der Waals surface area contributed by atoms with Crippen molar-refractivity contribution in [3.63, 3.8) is 0 Å². The highest BCUT2D eigenvalue weighted by Crippen LogP contribution is 2.21. The van der Waals surface area contributed by atoms with Gasteiger partial charge in [-0.25, -0.2) is 4.79 Å². The minimum absolute atomic E-state index is 0.203. The molecule has 5 nitrogen and oxygen atoms in total. The molecule has 1 unspecified atom stereocenters. The fourth-order valence-electron chi connectivity index (χ4n) is 2.21. The standard InChI is InChI=1S/C13H15N3O2/c1-15(11-4-2-10(8-14)3-5-11)12-6-7-16(9-12)13(17)18/h2-5,12H,6-7,9H2,1H3,(H,17,18). The quantitative estimate of drug-likeness (QED) is 0.861. The number of likely N-dealkylation sites (tertiary alicyclic amines) is 1. The van der Waals surface area contributed by atoms with Crippen molar-refractivity contribution in [3.05, 3.63) is 29.8 Å². The Morgan fingerprint density at radius 3 is 2.67 bits per heavy atom. The monoisotopic (exact) mass is 245 g/mol. The number of amides is 1. The van der Waals surface area contributed by atoms with Gasteiger partial charge in [-0.2, -0.15) is 5.26 Å². The molecule has 1 aliphatic rings. The second-order valence-electron chi connectivity index (χ2n) is 4.44. The Balaban J connectivity index is 2.05. The predicted octanol–water partition coefficient (Wildman–Crippen LogP) is 1.75. The molecule has 18 heavy (non-hydrogen) atoms. The number of likely N-dealkylation sites (N-methyl/N-ethyl adjacent to an activating group) is 1. The van der Waals surface area contributed by atoms with Gasteiger partial charge in [0.25, 0.3) is 0 Å². The van der Waals surface area contributed by atoms with Gasteiger partial charge >= 0.3 is 6.09 Å². The molecule has 0 saturated carbocycles. The SMILES string of the molecule is CN(c1ccc(C#N)cc1)C1CCN(C(=O)O)C1. The third kappa shape index (κ3) is 2.38. The van der Waals surface area contributed by atoms with E-state index >= 15 is 0 Å². The van der Waals surface area contributed by atoms with Crippen LogP contribution in [0.4, 0.5) is 10.5 Å². The summed E-state index contributed by atoms with van der Waals surface area (Å²) < 4.78 is 0. The predicted molar refractivity (Wildman–Crippen MR) is 67.6 cm³/mol. The summed E-state index contributed by atoms with van der Waals surface area (Å²) in [4.78, 5) is 14.4. The van der Waals surface area contributed by atoms with Crippen LogP contribution in [0.15, 0.2) is 24.3 Å². The highest BCUT2D eigenvalue weighted by Gasteiger charge is 2.28. The highest BCUT2D eigenvalue weighted by atomic mass is 16.4. The average Bonchev–Trinajstić information content (AvgIpc) is 2.88. The van der Waals surface area contributed by atoms with Crippen LogP contribution in [0.2, 0.25) is 0 Å². The Morgan fingerprint density at radius 1 is 1.50 bits per heavy atom. The van der Waals surface area contributed by atoms with E-state index in [1.54, 1.807) is 12.1 Å². The zero-order valence-corrected chi connectivity index (χ0v) is 10.2. The Bertz CT molecular complexity index is 478. The van der Waals surface area contributed by atoms with E-state index in [9.17, 15) is 4.79 Å². The molecule has 1 amide bonds. The number of carboxylic acid groups (broad SMARTS) is 1. The maximum atomic E-state index is 10.9. The van der Waals surface area contributed by atoms with Crippen molar-refractivity contribution in [2.24, 2.45) is 0 Å². The molecule has 2 rings (SSSR count). The van der Waals surface area contributed by atoms with Crippen LogP contribution in [-0.2, 0) is 0 Å². The Hall–Kier alpha value is -2.22. The van der Waals surface area contributed by atoms with Crippen LogP contribution in [0, 0.1) is 11.3 Å². The van der Waals surface area contributed by atoms with Crippen molar-refractivity contribution < 1.29 is 9.90 Å². The van der Waals surface area contributed by atoms with E-state index < -0.39 is 6.09 Å². The van der Waals surface area contributed by atoms with Crippen LogP contribution >= 0.6 is 0 Å². The summed E-state index contributed by atoms with van der Waals surface area (Å²) in [5.41, 5.74) is 1.64. The maximum Gasteiger partial charge on any atom is 0.407 e. The molecule has 1 saturated heterocycles. The minimum atomic E-state index is -0.856.